The smallest absolute Gasteiger partial charge is 0.177 e. The number of benzene rings is 7. The van der Waals surface area contributed by atoms with E-state index < -0.39 is 0 Å². The number of para-hydroxylation sites is 4. The Kier molecular flexibility index (Phi) is 29.6. The summed E-state index contributed by atoms with van der Waals surface area (Å²) in [5, 5.41) is 18.0. The topological polar surface area (TPSA) is 71.4 Å². The molecule has 600 valence electrons. The summed E-state index contributed by atoms with van der Waals surface area (Å²) in [4.78, 5) is 9.63. The van der Waals surface area contributed by atoms with E-state index in [4.69, 9.17) is 0 Å². The Bertz CT molecular complexity index is 4170. The Balaban J connectivity index is 0.000000147. The second-order valence-corrected chi connectivity index (χ2v) is 40.6. The van der Waals surface area contributed by atoms with Crippen LogP contribution in [0.2, 0.25) is 0 Å². The summed E-state index contributed by atoms with van der Waals surface area (Å²) in [7, 11) is 0. The van der Waals surface area contributed by atoms with E-state index in [9.17, 15) is 0 Å². The number of hydrogen-bond acceptors (Lipinski definition) is 7. The highest BCUT2D eigenvalue weighted by atomic mass is 15.2. The highest BCUT2D eigenvalue weighted by Gasteiger charge is 2.34. The molecule has 8 heteroatoms. The third-order valence-corrected chi connectivity index (χ3v) is 23.6. The monoisotopic (exact) mass is 1510 g/mol. The SMILES string of the molecule is CC(C)(C)C1CCNc2ccccc21.CC(C)(C)C1CCc2ccccc2N1.CC(C)(C)C1CNc2ccccc2C1.CC(C)(C)C1Cc2ccccc2CN1.CC(C)(C)N1C=CC2C=CC=CC2C1.CC(C)(C)N1CCc2ccccc2C1.CC(C)(C)[n+]1ccc2ccccc2c1.CC(C)(C)c1ccc2ccccc2n1. The molecule has 0 fully saturated rings. The van der Waals surface area contributed by atoms with Gasteiger partial charge in [0.25, 0.3) is 0 Å². The Hall–Kier alpha value is -8.30. The molecule has 9 aromatic rings. The van der Waals surface area contributed by atoms with Crippen LogP contribution in [-0.4, -0.2) is 64.1 Å². The van der Waals surface area contributed by atoms with Crippen LogP contribution in [0.4, 0.5) is 17.1 Å². The molecule has 0 bridgehead atoms. The maximum Gasteiger partial charge on any atom is 0.177 e. The van der Waals surface area contributed by atoms with Crippen molar-refractivity contribution in [3.8, 4) is 0 Å². The van der Waals surface area contributed by atoms with Gasteiger partial charge in [0.15, 0.2) is 17.9 Å². The Morgan fingerprint density at radius 2 is 1.01 bits per heavy atom. The number of rotatable bonds is 0. The third-order valence-electron chi connectivity index (χ3n) is 23.6. The minimum absolute atomic E-state index is 0.129. The molecule has 0 spiro atoms. The standard InChI is InChI=1S/4C13H19N.C13H16N.2C13H19N.C13H15N/c1-13(2,3)11-8-10-6-4-5-7-12(10)14-9-11;1-13(2,3)12-8-10-6-4-5-7-11(10)9-14-12;3*1-13(2,3)14-9-8-11-6-4-5-7-12(11)10-14;1-13(2,3)11-8-9-14-12-7-5-4-6-10(11)12;2*1-13(2,3)12-9-8-10-6-4-5-7-11(10)14-12/h4-7,11,14H,8-9H2,1-3H3;4-7,12,14H,8-9H2,1-3H3;4-7H,8-10H2,1-3H3;4-9,11-12H,10H2,1-3H3;4-10H,1-3H3;4-7,11,14H,8-9H2,1-3H3;4-7,12,14H,8-9H2,1-3H3;4-9H,1-3H3/q;;;;+1;;;. The summed E-state index contributed by atoms with van der Waals surface area (Å²) in [5.41, 5.74) is 19.0. The predicted octanol–water partition coefficient (Wildman–Crippen LogP) is 25.4. The van der Waals surface area contributed by atoms with Crippen LogP contribution in [0.25, 0.3) is 21.7 Å². The van der Waals surface area contributed by atoms with Crippen LogP contribution in [0.3, 0.4) is 0 Å². The van der Waals surface area contributed by atoms with Crippen molar-refractivity contribution in [1.29, 1.82) is 0 Å². The minimum atomic E-state index is 0.129. The van der Waals surface area contributed by atoms with Gasteiger partial charge in [0, 0.05) is 140 Å². The molecule has 0 saturated heterocycles. The lowest BCUT2D eigenvalue weighted by Crippen LogP contribution is -2.49. The van der Waals surface area contributed by atoms with Crippen LogP contribution in [0.5, 0.6) is 0 Å². The van der Waals surface area contributed by atoms with Crippen molar-refractivity contribution in [2.45, 2.75) is 258 Å². The molecule has 8 nitrogen and oxygen atoms in total. The number of nitrogens with one attached hydrogen (secondary N) is 4. The Morgan fingerprint density at radius 1 is 0.438 bits per heavy atom. The van der Waals surface area contributed by atoms with Crippen LogP contribution >= 0.6 is 0 Å². The van der Waals surface area contributed by atoms with E-state index in [-0.39, 0.29) is 16.5 Å². The molecule has 6 unspecified atom stereocenters. The average Bonchev–Trinajstić information content (AvgIpc) is 0.810. The molecule has 8 heterocycles. The molecule has 0 radical (unpaired) electrons. The number of hydrogen-bond donors (Lipinski definition) is 4. The summed E-state index contributed by atoms with van der Waals surface area (Å²) in [5.74, 6) is 2.74. The molecule has 0 amide bonds. The van der Waals surface area contributed by atoms with Gasteiger partial charge in [-0.1, -0.05) is 280 Å². The number of aromatic nitrogens is 2. The van der Waals surface area contributed by atoms with Gasteiger partial charge in [0.05, 0.1) is 5.52 Å². The van der Waals surface area contributed by atoms with Crippen molar-refractivity contribution >= 4 is 38.7 Å². The second kappa shape index (κ2) is 37.8. The minimum Gasteiger partial charge on any atom is -0.385 e. The molecular formula is C104H145N8+. The number of fused-ring (bicyclic) bond motifs is 8. The maximum atomic E-state index is 4.65. The zero-order chi connectivity index (χ0) is 81.5. The van der Waals surface area contributed by atoms with Gasteiger partial charge in [-0.3, -0.25) is 9.88 Å². The van der Waals surface area contributed by atoms with Crippen LogP contribution in [0.15, 0.2) is 237 Å². The molecule has 6 atom stereocenters. The van der Waals surface area contributed by atoms with Crippen molar-refractivity contribution in [2.75, 3.05) is 42.1 Å². The molecule has 0 saturated carbocycles. The van der Waals surface area contributed by atoms with Crippen molar-refractivity contribution in [3.05, 3.63) is 282 Å². The van der Waals surface area contributed by atoms with Gasteiger partial charge >= 0.3 is 0 Å². The quantitative estimate of drug-likeness (QED) is 0.113. The van der Waals surface area contributed by atoms with Crippen molar-refractivity contribution in [1.82, 2.24) is 20.1 Å². The van der Waals surface area contributed by atoms with Gasteiger partial charge in [0.2, 0.25) is 0 Å². The molecule has 1 aliphatic carbocycles. The van der Waals surface area contributed by atoms with Gasteiger partial charge in [-0.05, 0) is 200 Å². The van der Waals surface area contributed by atoms with Crippen molar-refractivity contribution < 1.29 is 4.57 Å². The van der Waals surface area contributed by atoms with E-state index in [1.165, 1.54) is 117 Å². The first-order valence-corrected chi connectivity index (χ1v) is 42.3. The number of anilines is 3. The fraction of sp³-hybridized carbons (Fsp3) is 0.481. The second-order valence-electron chi connectivity index (χ2n) is 40.6. The first-order valence-electron chi connectivity index (χ1n) is 42.3. The number of allylic oxidation sites excluding steroid dienone is 4. The van der Waals surface area contributed by atoms with E-state index in [0.717, 1.165) is 49.9 Å². The van der Waals surface area contributed by atoms with Crippen LogP contribution in [0, 0.1) is 39.4 Å². The summed E-state index contributed by atoms with van der Waals surface area (Å²) >= 11 is 0. The van der Waals surface area contributed by atoms with E-state index in [0.29, 0.717) is 57.0 Å². The Morgan fingerprint density at radius 3 is 1.64 bits per heavy atom. The van der Waals surface area contributed by atoms with Crippen LogP contribution in [0.1, 0.15) is 230 Å². The van der Waals surface area contributed by atoms with Crippen molar-refractivity contribution in [3.63, 3.8) is 0 Å². The van der Waals surface area contributed by atoms with Crippen LogP contribution in [-0.2, 0) is 49.7 Å². The molecule has 112 heavy (non-hydrogen) atoms. The fourth-order valence-corrected chi connectivity index (χ4v) is 15.7. The number of aryl methyl sites for hydroxylation is 1. The predicted molar refractivity (Wildman–Crippen MR) is 486 cm³/mol. The van der Waals surface area contributed by atoms with Gasteiger partial charge in [0.1, 0.15) is 0 Å². The van der Waals surface area contributed by atoms with Gasteiger partial charge in [-0.15, -0.1) is 0 Å². The Labute approximate surface area is 680 Å². The largest absolute Gasteiger partial charge is 0.385 e. The van der Waals surface area contributed by atoms with Crippen LogP contribution < -0.4 is 25.8 Å². The summed E-state index contributed by atoms with van der Waals surface area (Å²) in [6.07, 6.45) is 25.2. The van der Waals surface area contributed by atoms with Gasteiger partial charge in [-0.25, -0.2) is 4.57 Å². The average molecular weight is 1510 g/mol. The van der Waals surface area contributed by atoms with E-state index >= 15 is 0 Å². The molecule has 16 rings (SSSR count). The number of nitrogens with zero attached hydrogens (tertiary/aromatic N) is 4. The molecule has 4 N–H and O–H groups in total. The molecule has 7 aromatic carbocycles. The zero-order valence-electron chi connectivity index (χ0n) is 73.8. The fourth-order valence-electron chi connectivity index (χ4n) is 15.7. The first-order chi connectivity index (χ1) is 52.6. The zero-order valence-corrected chi connectivity index (χ0v) is 73.8. The molecule has 2 aromatic heterocycles. The summed E-state index contributed by atoms with van der Waals surface area (Å²) in [6.45, 7) is 61.4. The summed E-state index contributed by atoms with van der Waals surface area (Å²) < 4.78 is 2.25. The van der Waals surface area contributed by atoms with E-state index in [1.54, 1.807) is 0 Å². The lowest BCUT2D eigenvalue weighted by Gasteiger charge is -2.41. The molecule has 6 aliphatic heterocycles. The molecular weight excluding hydrogens is 1360 g/mol. The van der Waals surface area contributed by atoms with E-state index in [2.05, 4.69) is 432 Å². The maximum absolute atomic E-state index is 4.65. The van der Waals surface area contributed by atoms with Crippen molar-refractivity contribution in [2.24, 2.45) is 39.4 Å². The highest BCUT2D eigenvalue weighted by Crippen LogP contribution is 2.43. The van der Waals surface area contributed by atoms with Gasteiger partial charge in [-0.2, -0.15) is 0 Å². The number of pyridine rings is 2. The normalized spacial score (nSPS) is 19.7. The summed E-state index contributed by atoms with van der Waals surface area (Å²) in [6, 6.07) is 67.8. The van der Waals surface area contributed by atoms with Gasteiger partial charge < -0.3 is 26.2 Å². The third kappa shape index (κ3) is 25.6. The lowest BCUT2D eigenvalue weighted by atomic mass is 9.73. The lowest BCUT2D eigenvalue weighted by molar-refractivity contribution is -0.752. The van der Waals surface area contributed by atoms with E-state index in [1.807, 2.05) is 12.1 Å². The molecule has 7 aliphatic rings. The first kappa shape index (κ1) is 87.7. The highest BCUT2D eigenvalue weighted by molar-refractivity contribution is 5.80.